The molecule has 0 unspecified atom stereocenters. The third-order valence-electron chi connectivity index (χ3n) is 4.05. The average molecular weight is 430 g/mol. The molecule has 1 aromatic carbocycles. The summed E-state index contributed by atoms with van der Waals surface area (Å²) in [5.41, 5.74) is 0.780. The summed E-state index contributed by atoms with van der Waals surface area (Å²) in [7, 11) is -2.38. The third kappa shape index (κ3) is 5.12. The Hall–Kier alpha value is -2.93. The molecule has 0 spiro atoms. The zero-order valence-electron chi connectivity index (χ0n) is 15.1. The molecule has 0 radical (unpaired) electrons. The smallest absolute Gasteiger partial charge is 0.368 e. The van der Waals surface area contributed by atoms with Gasteiger partial charge in [0, 0.05) is 24.1 Å². The van der Waals surface area contributed by atoms with Crippen molar-refractivity contribution >= 4 is 39.1 Å². The minimum Gasteiger partial charge on any atom is -0.368 e. The summed E-state index contributed by atoms with van der Waals surface area (Å²) in [6.07, 6.45) is -3.91. The second kappa shape index (κ2) is 7.83. The molecule has 3 rings (SSSR count). The van der Waals surface area contributed by atoms with Gasteiger partial charge >= 0.3 is 6.18 Å². The van der Waals surface area contributed by atoms with Crippen molar-refractivity contribution in [2.45, 2.75) is 12.6 Å². The van der Waals surface area contributed by atoms with Gasteiger partial charge in [-0.05, 0) is 30.8 Å². The summed E-state index contributed by atoms with van der Waals surface area (Å²) in [6, 6.07) is 4.95. The van der Waals surface area contributed by atoms with E-state index in [0.29, 0.717) is 17.6 Å². The summed E-state index contributed by atoms with van der Waals surface area (Å²) in [4.78, 5) is 18.9. The van der Waals surface area contributed by atoms with E-state index in [1.807, 2.05) is 0 Å². The minimum atomic E-state index is -4.72. The van der Waals surface area contributed by atoms with Gasteiger partial charge < -0.3 is 16.0 Å². The summed E-state index contributed by atoms with van der Waals surface area (Å²) >= 11 is 0. The minimum absolute atomic E-state index is 0.116. The summed E-state index contributed by atoms with van der Waals surface area (Å²) in [6.45, 7) is -0.282. The molecule has 1 aliphatic heterocycles. The molecule has 0 bridgehead atoms. The lowest BCUT2D eigenvalue weighted by Crippen LogP contribution is -2.27. The molecule has 29 heavy (non-hydrogen) atoms. The number of amides is 1. The van der Waals surface area contributed by atoms with E-state index >= 15 is 0 Å². The number of carbonyl (C=O) groups is 1. The first-order valence-electron chi connectivity index (χ1n) is 8.36. The second-order valence-corrected chi connectivity index (χ2v) is 8.17. The van der Waals surface area contributed by atoms with Crippen LogP contribution in [0.5, 0.6) is 0 Å². The van der Waals surface area contributed by atoms with E-state index in [0.717, 1.165) is 5.56 Å². The van der Waals surface area contributed by atoms with Crippen molar-refractivity contribution in [3.8, 4) is 0 Å². The molecule has 1 amide bonds. The first kappa shape index (κ1) is 20.8. The first-order chi connectivity index (χ1) is 13.6. The third-order valence-corrected chi connectivity index (χ3v) is 5.42. The molecule has 0 saturated heterocycles. The number of rotatable bonds is 7. The molecule has 2 aromatic rings. The van der Waals surface area contributed by atoms with Crippen LogP contribution < -0.4 is 20.7 Å². The van der Waals surface area contributed by atoms with Crippen LogP contribution in [-0.2, 0) is 27.4 Å². The van der Waals surface area contributed by atoms with Gasteiger partial charge in [-0.25, -0.2) is 18.1 Å². The van der Waals surface area contributed by atoms with Gasteiger partial charge in [-0.3, -0.25) is 4.79 Å². The van der Waals surface area contributed by atoms with Crippen LogP contribution in [0.1, 0.15) is 11.1 Å². The average Bonchev–Trinajstić information content (AvgIpc) is 3.00. The highest BCUT2D eigenvalue weighted by Crippen LogP contribution is 2.34. The van der Waals surface area contributed by atoms with Crippen LogP contribution in [0.4, 0.5) is 36.3 Å². The maximum absolute atomic E-state index is 13.2. The lowest BCUT2D eigenvalue weighted by molar-refractivity contribution is -0.137. The molecule has 156 valence electrons. The molecule has 0 fully saturated rings. The van der Waals surface area contributed by atoms with Crippen LogP contribution in [0.25, 0.3) is 0 Å². The number of carbonyl (C=O) groups excluding carboxylic acids is 1. The maximum Gasteiger partial charge on any atom is 0.421 e. The van der Waals surface area contributed by atoms with E-state index in [9.17, 15) is 26.4 Å². The molecule has 0 saturated carbocycles. The molecule has 4 N–H and O–H groups in total. The van der Waals surface area contributed by atoms with Gasteiger partial charge in [0.25, 0.3) is 0 Å². The number of hydrogen-bond donors (Lipinski definition) is 4. The lowest BCUT2D eigenvalue weighted by Gasteiger charge is -2.15. The van der Waals surface area contributed by atoms with E-state index in [-0.39, 0.29) is 24.8 Å². The first-order valence-corrected chi connectivity index (χ1v) is 10.0. The van der Waals surface area contributed by atoms with Gasteiger partial charge in [0.05, 0.1) is 12.2 Å². The largest absolute Gasteiger partial charge is 0.421 e. The van der Waals surface area contributed by atoms with Gasteiger partial charge in [0.1, 0.15) is 11.4 Å². The zero-order chi connectivity index (χ0) is 21.2. The number of sulfonamides is 1. The van der Waals surface area contributed by atoms with Crippen LogP contribution in [0, 0.1) is 0 Å². The topological polar surface area (TPSA) is 125 Å². The summed E-state index contributed by atoms with van der Waals surface area (Å²) in [5, 5.41) is 7.86. The number of alkyl halides is 3. The van der Waals surface area contributed by atoms with E-state index in [1.165, 1.54) is 7.05 Å². The molecule has 0 aliphatic carbocycles. The fourth-order valence-corrected chi connectivity index (χ4v) is 3.20. The Morgan fingerprint density at radius 1 is 1.28 bits per heavy atom. The number of aromatic nitrogens is 2. The van der Waals surface area contributed by atoms with Crippen molar-refractivity contribution in [1.82, 2.24) is 14.7 Å². The molecule has 2 heterocycles. The highest BCUT2D eigenvalue weighted by atomic mass is 32.2. The summed E-state index contributed by atoms with van der Waals surface area (Å²) in [5.74, 6) is -1.24. The van der Waals surface area contributed by atoms with Crippen molar-refractivity contribution < 1.29 is 26.4 Å². The molecule has 1 aromatic heterocycles. The normalized spacial score (nSPS) is 13.7. The van der Waals surface area contributed by atoms with Crippen molar-refractivity contribution in [1.29, 1.82) is 0 Å². The van der Waals surface area contributed by atoms with E-state index in [4.69, 9.17) is 0 Å². The fraction of sp³-hybridized carbons (Fsp3) is 0.312. The summed E-state index contributed by atoms with van der Waals surface area (Å²) < 4.78 is 64.6. The van der Waals surface area contributed by atoms with Gasteiger partial charge in [0.15, 0.2) is 0 Å². The Morgan fingerprint density at radius 2 is 2.03 bits per heavy atom. The highest BCUT2D eigenvalue weighted by Gasteiger charge is 2.35. The van der Waals surface area contributed by atoms with Crippen LogP contribution in [0.2, 0.25) is 0 Å². The van der Waals surface area contributed by atoms with Crippen LogP contribution in [0.3, 0.4) is 0 Å². The zero-order valence-corrected chi connectivity index (χ0v) is 15.9. The van der Waals surface area contributed by atoms with Crippen molar-refractivity contribution in [3.05, 3.63) is 35.5 Å². The van der Waals surface area contributed by atoms with Gasteiger partial charge in [-0.1, -0.05) is 0 Å². The Morgan fingerprint density at radius 3 is 2.72 bits per heavy atom. The number of nitrogens with one attached hydrogen (secondary N) is 4. The van der Waals surface area contributed by atoms with E-state index in [2.05, 4.69) is 30.6 Å². The Balaban J connectivity index is 1.81. The van der Waals surface area contributed by atoms with E-state index < -0.39 is 33.3 Å². The molecule has 9 nitrogen and oxygen atoms in total. The van der Waals surface area contributed by atoms with Crippen molar-refractivity contribution in [2.75, 3.05) is 35.3 Å². The predicted molar refractivity (Wildman–Crippen MR) is 100 cm³/mol. The van der Waals surface area contributed by atoms with Gasteiger partial charge in [0.2, 0.25) is 21.9 Å². The quantitative estimate of drug-likeness (QED) is 0.527. The predicted octanol–water partition coefficient (Wildman–Crippen LogP) is 1.69. The second-order valence-electron chi connectivity index (χ2n) is 6.13. The highest BCUT2D eigenvalue weighted by molar-refractivity contribution is 7.89. The number of hydrogen-bond acceptors (Lipinski definition) is 7. The number of nitrogens with zero attached hydrogens (tertiary/aromatic N) is 2. The van der Waals surface area contributed by atoms with Crippen LogP contribution in [-0.4, -0.2) is 43.6 Å². The molecule has 0 atom stereocenters. The maximum atomic E-state index is 13.2. The Kier molecular flexibility index (Phi) is 5.61. The van der Waals surface area contributed by atoms with E-state index in [1.54, 1.807) is 18.2 Å². The van der Waals surface area contributed by atoms with Crippen LogP contribution >= 0.6 is 0 Å². The van der Waals surface area contributed by atoms with Crippen molar-refractivity contribution in [3.63, 3.8) is 0 Å². The SMILES string of the molecule is CNS(=O)(=O)CCNc1nc(Nc2ccc3c(c2)CC(=O)N3)ncc1C(F)(F)F. The Labute approximate surface area is 164 Å². The van der Waals surface area contributed by atoms with Gasteiger partial charge in [-0.2, -0.15) is 18.2 Å². The molecule has 13 heteroatoms. The molecule has 1 aliphatic rings. The molecular weight excluding hydrogens is 413 g/mol. The Bertz CT molecular complexity index is 1040. The lowest BCUT2D eigenvalue weighted by atomic mass is 10.1. The fourth-order valence-electron chi connectivity index (χ4n) is 2.63. The number of halogens is 3. The monoisotopic (exact) mass is 430 g/mol. The molecular formula is C16H17F3N6O3S. The number of fused-ring (bicyclic) bond motifs is 1. The van der Waals surface area contributed by atoms with Crippen molar-refractivity contribution in [2.24, 2.45) is 0 Å². The standard InChI is InChI=1S/C16H17F3N6O3S/c1-20-29(27,28)5-4-21-14-11(16(17,18)19)8-22-15(25-14)23-10-2-3-12-9(6-10)7-13(26)24-12/h2-3,6,8,20H,4-5,7H2,1H3,(H,24,26)(H2,21,22,23,25). The van der Waals surface area contributed by atoms with Crippen LogP contribution in [0.15, 0.2) is 24.4 Å². The van der Waals surface area contributed by atoms with Gasteiger partial charge in [-0.15, -0.1) is 0 Å². The number of anilines is 4. The number of benzene rings is 1.